The van der Waals surface area contributed by atoms with Crippen molar-refractivity contribution in [1.82, 2.24) is 10.2 Å². The molecule has 0 amide bonds. The van der Waals surface area contributed by atoms with Crippen molar-refractivity contribution < 1.29 is 0 Å². The molecule has 0 saturated carbocycles. The topological polar surface area (TPSA) is 90.2 Å². The van der Waals surface area contributed by atoms with Gasteiger partial charge in [0, 0.05) is 10.6 Å². The summed E-state index contributed by atoms with van der Waals surface area (Å²) in [5, 5.41) is 9.61. The largest absolute Gasteiger partial charge is 0.370 e. The van der Waals surface area contributed by atoms with E-state index in [-0.39, 0.29) is 18.4 Å². The fourth-order valence-electron chi connectivity index (χ4n) is 1.11. The van der Waals surface area contributed by atoms with E-state index in [9.17, 15) is 0 Å². The molecule has 0 spiro atoms. The summed E-state index contributed by atoms with van der Waals surface area (Å²) >= 11 is 7.17. The van der Waals surface area contributed by atoms with Crippen molar-refractivity contribution in [2.24, 2.45) is 16.5 Å². The monoisotopic (exact) mass is 289 g/mol. The fraction of sp³-hybridized carbons (Fsp3) is 0. The average Bonchev–Trinajstić information content (AvgIpc) is 2.65. The van der Waals surface area contributed by atoms with E-state index in [1.165, 1.54) is 11.3 Å². The molecule has 1 heterocycles. The van der Waals surface area contributed by atoms with Crippen molar-refractivity contribution in [1.29, 1.82) is 0 Å². The van der Waals surface area contributed by atoms with Gasteiger partial charge in [0.25, 0.3) is 0 Å². The number of nitrogens with zero attached hydrogens (tertiary/aromatic N) is 3. The van der Waals surface area contributed by atoms with Crippen LogP contribution in [-0.2, 0) is 0 Å². The maximum absolute atomic E-state index is 5.87. The summed E-state index contributed by atoms with van der Waals surface area (Å²) in [6.07, 6.45) is 0. The number of hydrogen-bond acceptors (Lipinski definition) is 4. The van der Waals surface area contributed by atoms with Crippen LogP contribution in [0.5, 0.6) is 0 Å². The van der Waals surface area contributed by atoms with Crippen LogP contribution in [0.3, 0.4) is 0 Å². The zero-order chi connectivity index (χ0) is 11.5. The zero-order valence-electron chi connectivity index (χ0n) is 8.50. The van der Waals surface area contributed by atoms with Crippen LogP contribution in [0.15, 0.2) is 29.3 Å². The van der Waals surface area contributed by atoms with Crippen molar-refractivity contribution >= 4 is 46.4 Å². The van der Waals surface area contributed by atoms with Gasteiger partial charge in [-0.3, -0.25) is 0 Å². The highest BCUT2D eigenvalue weighted by Gasteiger charge is 2.06. The van der Waals surface area contributed by atoms with Crippen LogP contribution in [0.4, 0.5) is 5.13 Å². The van der Waals surface area contributed by atoms with E-state index >= 15 is 0 Å². The summed E-state index contributed by atoms with van der Waals surface area (Å²) in [4.78, 5) is 3.81. The molecule has 1 aromatic heterocycles. The first-order chi connectivity index (χ1) is 7.65. The molecular formula is C9H9Cl2N5S. The van der Waals surface area contributed by atoms with E-state index in [1.54, 1.807) is 12.1 Å². The van der Waals surface area contributed by atoms with Crippen LogP contribution in [-0.4, -0.2) is 16.2 Å². The Bertz CT molecular complexity index is 536. The first kappa shape index (κ1) is 13.7. The molecule has 0 bridgehead atoms. The Hall–Kier alpha value is -1.37. The van der Waals surface area contributed by atoms with Gasteiger partial charge in [-0.05, 0) is 12.1 Å². The lowest BCUT2D eigenvalue weighted by Crippen LogP contribution is -2.21. The molecule has 2 rings (SSSR count). The van der Waals surface area contributed by atoms with E-state index in [0.717, 1.165) is 10.6 Å². The number of aromatic nitrogens is 2. The Morgan fingerprint density at radius 3 is 2.71 bits per heavy atom. The minimum atomic E-state index is -0.0335. The Labute approximate surface area is 113 Å². The number of aliphatic imine (C=N–C) groups is 1. The SMILES string of the molecule is Cl.NC(N)=Nc1nnc(-c2cccc(Cl)c2)s1. The molecule has 0 unspecified atom stereocenters. The third-order valence-electron chi connectivity index (χ3n) is 1.71. The molecule has 0 aliphatic heterocycles. The molecule has 0 saturated heterocycles. The van der Waals surface area contributed by atoms with Crippen molar-refractivity contribution in [3.8, 4) is 10.6 Å². The maximum atomic E-state index is 5.87. The van der Waals surface area contributed by atoms with Gasteiger partial charge in [-0.15, -0.1) is 22.6 Å². The van der Waals surface area contributed by atoms with Gasteiger partial charge in [0.2, 0.25) is 5.13 Å². The highest BCUT2D eigenvalue weighted by atomic mass is 35.5. The second kappa shape index (κ2) is 5.81. The Morgan fingerprint density at radius 1 is 1.29 bits per heavy atom. The second-order valence-electron chi connectivity index (χ2n) is 2.94. The summed E-state index contributed by atoms with van der Waals surface area (Å²) in [5.41, 5.74) is 11.4. The molecule has 0 aliphatic carbocycles. The number of nitrogens with two attached hydrogens (primary N) is 2. The Morgan fingerprint density at radius 2 is 2.06 bits per heavy atom. The molecular weight excluding hydrogens is 281 g/mol. The van der Waals surface area contributed by atoms with Crippen molar-refractivity contribution in [2.75, 3.05) is 0 Å². The number of benzene rings is 1. The van der Waals surface area contributed by atoms with Crippen molar-refractivity contribution in [3.63, 3.8) is 0 Å². The summed E-state index contributed by atoms with van der Waals surface area (Å²) < 4.78 is 0. The summed E-state index contributed by atoms with van der Waals surface area (Å²) in [6.45, 7) is 0. The van der Waals surface area contributed by atoms with Gasteiger partial charge >= 0.3 is 0 Å². The molecule has 17 heavy (non-hydrogen) atoms. The lowest BCUT2D eigenvalue weighted by atomic mass is 10.2. The van der Waals surface area contributed by atoms with Gasteiger partial charge in [-0.1, -0.05) is 35.1 Å². The minimum Gasteiger partial charge on any atom is -0.370 e. The van der Waals surface area contributed by atoms with Crippen molar-refractivity contribution in [3.05, 3.63) is 29.3 Å². The molecule has 5 nitrogen and oxygen atoms in total. The third-order valence-corrected chi connectivity index (χ3v) is 2.81. The van der Waals surface area contributed by atoms with Crippen LogP contribution >= 0.6 is 35.3 Å². The molecule has 0 aliphatic rings. The van der Waals surface area contributed by atoms with Gasteiger partial charge in [-0.25, -0.2) is 0 Å². The highest BCUT2D eigenvalue weighted by molar-refractivity contribution is 7.18. The van der Waals surface area contributed by atoms with Crippen LogP contribution in [0.2, 0.25) is 5.02 Å². The summed E-state index contributed by atoms with van der Waals surface area (Å²) in [5.74, 6) is -0.0335. The van der Waals surface area contributed by atoms with E-state index in [2.05, 4.69) is 15.2 Å². The molecule has 90 valence electrons. The number of halogens is 2. The molecule has 4 N–H and O–H groups in total. The lowest BCUT2D eigenvalue weighted by molar-refractivity contribution is 1.08. The standard InChI is InChI=1S/C9H8ClN5S.ClH/c10-6-3-1-2-5(4-6)7-14-15-9(16-7)13-8(11)12;/h1-4H,(H4,11,12,13,15);1H. The normalized spacial score (nSPS) is 9.47. The van der Waals surface area contributed by atoms with Gasteiger partial charge in [0.05, 0.1) is 0 Å². The number of rotatable bonds is 2. The Kier molecular flexibility index (Phi) is 4.68. The predicted octanol–water partition coefficient (Wildman–Crippen LogP) is 2.19. The third kappa shape index (κ3) is 3.55. The van der Waals surface area contributed by atoms with Crippen LogP contribution < -0.4 is 11.5 Å². The average molecular weight is 290 g/mol. The van der Waals surface area contributed by atoms with Crippen molar-refractivity contribution in [2.45, 2.75) is 0 Å². The number of hydrogen-bond donors (Lipinski definition) is 2. The summed E-state index contributed by atoms with van der Waals surface area (Å²) in [7, 11) is 0. The summed E-state index contributed by atoms with van der Waals surface area (Å²) in [6, 6.07) is 7.34. The van der Waals surface area contributed by atoms with Gasteiger partial charge < -0.3 is 11.5 Å². The molecule has 8 heteroatoms. The lowest BCUT2D eigenvalue weighted by Gasteiger charge is -1.94. The van der Waals surface area contributed by atoms with Crippen LogP contribution in [0.25, 0.3) is 10.6 Å². The highest BCUT2D eigenvalue weighted by Crippen LogP contribution is 2.29. The molecule has 0 atom stereocenters. The van der Waals surface area contributed by atoms with E-state index < -0.39 is 0 Å². The van der Waals surface area contributed by atoms with Crippen LogP contribution in [0, 0.1) is 0 Å². The van der Waals surface area contributed by atoms with E-state index in [4.69, 9.17) is 23.1 Å². The predicted molar refractivity (Wildman–Crippen MR) is 73.1 cm³/mol. The molecule has 0 fully saturated rings. The maximum Gasteiger partial charge on any atom is 0.235 e. The first-order valence-corrected chi connectivity index (χ1v) is 5.53. The quantitative estimate of drug-likeness (QED) is 0.655. The molecule has 2 aromatic rings. The van der Waals surface area contributed by atoms with Crippen LogP contribution in [0.1, 0.15) is 0 Å². The number of guanidine groups is 1. The van der Waals surface area contributed by atoms with Gasteiger partial charge in [0.15, 0.2) is 5.96 Å². The second-order valence-corrected chi connectivity index (χ2v) is 4.33. The molecule has 0 radical (unpaired) electrons. The van der Waals surface area contributed by atoms with Gasteiger partial charge in [0.1, 0.15) is 5.01 Å². The van der Waals surface area contributed by atoms with E-state index in [1.807, 2.05) is 12.1 Å². The fourth-order valence-corrected chi connectivity index (χ4v) is 2.03. The Balaban J connectivity index is 0.00000144. The first-order valence-electron chi connectivity index (χ1n) is 4.34. The zero-order valence-corrected chi connectivity index (χ0v) is 10.9. The molecule has 1 aromatic carbocycles. The van der Waals surface area contributed by atoms with E-state index in [0.29, 0.717) is 10.2 Å². The minimum absolute atomic E-state index is 0. The smallest absolute Gasteiger partial charge is 0.235 e. The van der Waals surface area contributed by atoms with Gasteiger partial charge in [-0.2, -0.15) is 4.99 Å².